The highest BCUT2D eigenvalue weighted by molar-refractivity contribution is 5.86. The minimum absolute atomic E-state index is 0.0378. The molecule has 0 radical (unpaired) electrons. The first-order valence-corrected chi connectivity index (χ1v) is 6.89. The van der Waals surface area contributed by atoms with Gasteiger partial charge in [0.1, 0.15) is 5.76 Å². The number of furan rings is 1. The predicted molar refractivity (Wildman–Crippen MR) is 72.5 cm³/mol. The predicted octanol–water partition coefficient (Wildman–Crippen LogP) is 1.39. The minimum atomic E-state index is -1.07. The summed E-state index contributed by atoms with van der Waals surface area (Å²) in [4.78, 5) is 24.6. The van der Waals surface area contributed by atoms with E-state index in [0.717, 1.165) is 25.9 Å². The number of likely N-dealkylation sites (tertiary alicyclic amines) is 1. The van der Waals surface area contributed by atoms with Crippen LogP contribution in [0.4, 0.5) is 0 Å². The van der Waals surface area contributed by atoms with E-state index in [0.29, 0.717) is 17.9 Å². The first-order valence-electron chi connectivity index (χ1n) is 6.89. The van der Waals surface area contributed by atoms with Crippen molar-refractivity contribution in [1.29, 1.82) is 0 Å². The van der Waals surface area contributed by atoms with Crippen LogP contribution in [0.1, 0.15) is 41.1 Å². The molecule has 1 amide bonds. The Labute approximate surface area is 117 Å². The molecule has 0 unspecified atom stereocenters. The summed E-state index contributed by atoms with van der Waals surface area (Å²) in [5, 5.41) is 11.9. The quantitative estimate of drug-likeness (QED) is 0.851. The molecule has 2 rings (SSSR count). The lowest BCUT2D eigenvalue weighted by atomic mass is 10.1. The van der Waals surface area contributed by atoms with E-state index in [4.69, 9.17) is 9.52 Å². The summed E-state index contributed by atoms with van der Waals surface area (Å²) < 4.78 is 5.22. The Hall–Kier alpha value is -1.82. The molecule has 1 aromatic heterocycles. The third-order valence-corrected chi connectivity index (χ3v) is 3.45. The fraction of sp³-hybridized carbons (Fsp3) is 0.571. The maximum Gasteiger partial charge on any atom is 0.372 e. The van der Waals surface area contributed by atoms with Crippen molar-refractivity contribution in [3.05, 3.63) is 23.2 Å². The van der Waals surface area contributed by atoms with Gasteiger partial charge in [0, 0.05) is 18.7 Å². The van der Waals surface area contributed by atoms with Crippen LogP contribution in [0.2, 0.25) is 0 Å². The lowest BCUT2D eigenvalue weighted by Gasteiger charge is -2.26. The Balaban J connectivity index is 1.79. The van der Waals surface area contributed by atoms with E-state index in [9.17, 15) is 9.59 Å². The second kappa shape index (κ2) is 6.56. The van der Waals surface area contributed by atoms with Crippen LogP contribution in [0.15, 0.2) is 10.5 Å². The summed E-state index contributed by atoms with van der Waals surface area (Å²) in [7, 11) is 0. The molecule has 2 N–H and O–H groups in total. The maximum absolute atomic E-state index is 11.9. The van der Waals surface area contributed by atoms with Gasteiger partial charge < -0.3 is 19.7 Å². The molecule has 1 aliphatic heterocycles. The Kier molecular flexibility index (Phi) is 4.79. The number of piperidine rings is 1. The standard InChI is InChI=1S/C14H20N2O4/c1-10-7-11(20-13(10)14(18)19)8-15-9-12(17)16-5-3-2-4-6-16/h7,15H,2-6,8-9H2,1H3,(H,18,19). The molecule has 20 heavy (non-hydrogen) atoms. The van der Waals surface area contributed by atoms with E-state index in [-0.39, 0.29) is 18.2 Å². The third-order valence-electron chi connectivity index (χ3n) is 3.45. The molecule has 0 atom stereocenters. The second-order valence-electron chi connectivity index (χ2n) is 5.08. The van der Waals surface area contributed by atoms with Crippen LogP contribution in [0.3, 0.4) is 0 Å². The Morgan fingerprint density at radius 3 is 2.65 bits per heavy atom. The largest absolute Gasteiger partial charge is 0.475 e. The number of carboxylic acids is 1. The van der Waals surface area contributed by atoms with Crippen LogP contribution in [-0.2, 0) is 11.3 Å². The fourth-order valence-corrected chi connectivity index (χ4v) is 2.40. The summed E-state index contributed by atoms with van der Waals surface area (Å²) >= 11 is 0. The van der Waals surface area contributed by atoms with Crippen LogP contribution in [0.25, 0.3) is 0 Å². The topological polar surface area (TPSA) is 82.8 Å². The van der Waals surface area contributed by atoms with Crippen molar-refractivity contribution in [3.8, 4) is 0 Å². The SMILES string of the molecule is Cc1cc(CNCC(=O)N2CCCCC2)oc1C(=O)O. The van der Waals surface area contributed by atoms with Gasteiger partial charge in [-0.3, -0.25) is 4.79 Å². The van der Waals surface area contributed by atoms with Gasteiger partial charge in [0.05, 0.1) is 13.1 Å². The van der Waals surface area contributed by atoms with Gasteiger partial charge in [-0.05, 0) is 32.3 Å². The van der Waals surface area contributed by atoms with Crippen molar-refractivity contribution in [2.24, 2.45) is 0 Å². The molecule has 6 nitrogen and oxygen atoms in total. The van der Waals surface area contributed by atoms with Gasteiger partial charge in [-0.25, -0.2) is 4.79 Å². The number of nitrogens with one attached hydrogen (secondary N) is 1. The van der Waals surface area contributed by atoms with Crippen molar-refractivity contribution < 1.29 is 19.1 Å². The molecule has 0 saturated carbocycles. The summed E-state index contributed by atoms with van der Waals surface area (Å²) in [6.45, 7) is 3.97. The number of carbonyl (C=O) groups is 2. The van der Waals surface area contributed by atoms with Crippen molar-refractivity contribution in [2.75, 3.05) is 19.6 Å². The average Bonchev–Trinajstić information content (AvgIpc) is 2.81. The number of aromatic carboxylic acids is 1. The van der Waals surface area contributed by atoms with Crippen molar-refractivity contribution in [2.45, 2.75) is 32.7 Å². The van der Waals surface area contributed by atoms with Gasteiger partial charge in [0.25, 0.3) is 0 Å². The van der Waals surface area contributed by atoms with Crippen LogP contribution < -0.4 is 5.32 Å². The molecule has 1 fully saturated rings. The van der Waals surface area contributed by atoms with Crippen molar-refractivity contribution >= 4 is 11.9 Å². The Morgan fingerprint density at radius 1 is 1.35 bits per heavy atom. The lowest BCUT2D eigenvalue weighted by molar-refractivity contribution is -0.131. The molecule has 110 valence electrons. The minimum Gasteiger partial charge on any atom is -0.475 e. The number of carbonyl (C=O) groups excluding carboxylic acids is 1. The fourth-order valence-electron chi connectivity index (χ4n) is 2.40. The van der Waals surface area contributed by atoms with Crippen LogP contribution >= 0.6 is 0 Å². The number of amides is 1. The van der Waals surface area contributed by atoms with Gasteiger partial charge in [0.15, 0.2) is 0 Å². The highest BCUT2D eigenvalue weighted by Crippen LogP contribution is 2.14. The zero-order chi connectivity index (χ0) is 14.5. The number of rotatable bonds is 5. The normalized spacial score (nSPS) is 15.3. The number of hydrogen-bond acceptors (Lipinski definition) is 4. The monoisotopic (exact) mass is 280 g/mol. The number of aryl methyl sites for hydroxylation is 1. The van der Waals surface area contributed by atoms with E-state index in [1.807, 2.05) is 4.90 Å². The second-order valence-corrected chi connectivity index (χ2v) is 5.08. The molecule has 1 aromatic rings. The Bertz CT molecular complexity index is 489. The van der Waals surface area contributed by atoms with Crippen LogP contribution in [-0.4, -0.2) is 41.5 Å². The zero-order valence-corrected chi connectivity index (χ0v) is 11.6. The van der Waals surface area contributed by atoms with Crippen LogP contribution in [0.5, 0.6) is 0 Å². The number of carboxylic acid groups (broad SMARTS) is 1. The molecule has 1 saturated heterocycles. The van der Waals surface area contributed by atoms with Gasteiger partial charge in [-0.1, -0.05) is 0 Å². The molecule has 0 aliphatic carbocycles. The van der Waals surface area contributed by atoms with E-state index < -0.39 is 5.97 Å². The van der Waals surface area contributed by atoms with Gasteiger partial charge in [-0.15, -0.1) is 0 Å². The molecule has 0 aromatic carbocycles. The molecule has 0 bridgehead atoms. The molecule has 0 spiro atoms. The highest BCUT2D eigenvalue weighted by atomic mass is 16.4. The zero-order valence-electron chi connectivity index (χ0n) is 11.6. The summed E-state index contributed by atoms with van der Waals surface area (Å²) in [5.41, 5.74) is 0.594. The van der Waals surface area contributed by atoms with Gasteiger partial charge in [0.2, 0.25) is 11.7 Å². The first-order chi connectivity index (χ1) is 9.58. The number of hydrogen-bond donors (Lipinski definition) is 2. The summed E-state index contributed by atoms with van der Waals surface area (Å²) in [6, 6.07) is 1.68. The van der Waals surface area contributed by atoms with Gasteiger partial charge >= 0.3 is 5.97 Å². The van der Waals surface area contributed by atoms with E-state index in [2.05, 4.69) is 5.32 Å². The van der Waals surface area contributed by atoms with E-state index >= 15 is 0 Å². The summed E-state index contributed by atoms with van der Waals surface area (Å²) in [5.74, 6) is -0.486. The highest BCUT2D eigenvalue weighted by Gasteiger charge is 2.17. The molecular formula is C14H20N2O4. The molecule has 2 heterocycles. The Morgan fingerprint density at radius 2 is 2.05 bits per heavy atom. The maximum atomic E-state index is 11.9. The third kappa shape index (κ3) is 3.60. The number of nitrogens with zero attached hydrogens (tertiary/aromatic N) is 1. The van der Waals surface area contributed by atoms with E-state index in [1.165, 1.54) is 6.42 Å². The first kappa shape index (κ1) is 14.6. The average molecular weight is 280 g/mol. The summed E-state index contributed by atoms with van der Waals surface area (Å²) in [6.07, 6.45) is 3.34. The van der Waals surface area contributed by atoms with Gasteiger partial charge in [-0.2, -0.15) is 0 Å². The molecule has 6 heteroatoms. The smallest absolute Gasteiger partial charge is 0.372 e. The van der Waals surface area contributed by atoms with Crippen molar-refractivity contribution in [3.63, 3.8) is 0 Å². The van der Waals surface area contributed by atoms with Crippen LogP contribution in [0, 0.1) is 6.92 Å². The lowest BCUT2D eigenvalue weighted by Crippen LogP contribution is -2.40. The molecule has 1 aliphatic rings. The molecular weight excluding hydrogens is 260 g/mol. The van der Waals surface area contributed by atoms with Crippen molar-refractivity contribution in [1.82, 2.24) is 10.2 Å². The van der Waals surface area contributed by atoms with E-state index in [1.54, 1.807) is 13.0 Å².